The maximum atomic E-state index is 12.5. The number of rotatable bonds is 55. The molecule has 3 atom stereocenters. The predicted molar refractivity (Wildman–Crippen MR) is 282 cm³/mol. The molecule has 0 aromatic rings. The summed E-state index contributed by atoms with van der Waals surface area (Å²) in [5.74, 6) is -0.307. The Balaban J connectivity index is 3.52. The highest BCUT2D eigenvalue weighted by Gasteiger charge is 2.20. The minimum absolute atomic E-state index is 0.0197. The number of hydrogen-bond donors (Lipinski definition) is 4. The molecule has 0 heterocycles. The molecule has 1 amide bonds. The maximum absolute atomic E-state index is 12.5. The van der Waals surface area contributed by atoms with E-state index in [0.29, 0.717) is 6.42 Å². The molecule has 0 aromatic heterocycles. The molecular formula is C59H117NO4. The highest BCUT2D eigenvalue weighted by molar-refractivity contribution is 5.76. The highest BCUT2D eigenvalue weighted by atomic mass is 16.3. The Hall–Kier alpha value is -0.910. The molecule has 0 aliphatic rings. The van der Waals surface area contributed by atoms with Crippen LogP contribution in [0.4, 0.5) is 0 Å². The van der Waals surface area contributed by atoms with E-state index >= 15 is 0 Å². The SMILES string of the molecule is CCCCCCCCCCCCCCCCCCCCCCCC/C=C/C(O)C(CO)NC(=O)CC(O)CCCCCCCCCCCCCCCCCCCCCCCCCCC. The highest BCUT2D eigenvalue weighted by Crippen LogP contribution is 2.18. The monoisotopic (exact) mass is 904 g/mol. The summed E-state index contributed by atoms with van der Waals surface area (Å²) in [7, 11) is 0. The molecule has 0 aliphatic carbocycles. The molecule has 5 heteroatoms. The average molecular weight is 905 g/mol. The fourth-order valence-electron chi connectivity index (χ4n) is 9.58. The van der Waals surface area contributed by atoms with Crippen molar-refractivity contribution in [1.29, 1.82) is 0 Å². The van der Waals surface area contributed by atoms with E-state index in [1.165, 1.54) is 283 Å². The van der Waals surface area contributed by atoms with Crippen molar-refractivity contribution in [3.8, 4) is 0 Å². The van der Waals surface area contributed by atoms with E-state index in [1.54, 1.807) is 6.08 Å². The molecule has 0 saturated carbocycles. The first-order valence-electron chi connectivity index (χ1n) is 29.5. The van der Waals surface area contributed by atoms with Gasteiger partial charge in [0.15, 0.2) is 0 Å². The molecule has 5 nitrogen and oxygen atoms in total. The number of aliphatic hydroxyl groups excluding tert-OH is 3. The summed E-state index contributed by atoms with van der Waals surface area (Å²) in [6, 6.07) is -0.741. The molecule has 0 aromatic carbocycles. The van der Waals surface area contributed by atoms with Crippen molar-refractivity contribution in [3.05, 3.63) is 12.2 Å². The standard InChI is InChI=1S/C59H117NO4/c1-3-5-7-9-11-13-15-17-19-21-23-25-27-29-30-32-34-36-38-40-42-44-46-48-50-52-56(62)54-59(64)60-57(55-61)58(63)53-51-49-47-45-43-41-39-37-35-33-31-28-26-24-22-20-18-16-14-12-10-8-6-4-2/h51,53,56-58,61-63H,3-50,52,54-55H2,1-2H3,(H,60,64)/b53-51+. The number of aliphatic hydroxyl groups is 3. The van der Waals surface area contributed by atoms with E-state index in [-0.39, 0.29) is 18.9 Å². The number of carbonyl (C=O) groups excluding carboxylic acids is 1. The van der Waals surface area contributed by atoms with Gasteiger partial charge in [0.25, 0.3) is 0 Å². The zero-order valence-corrected chi connectivity index (χ0v) is 43.7. The normalized spacial score (nSPS) is 13.3. The van der Waals surface area contributed by atoms with Crippen molar-refractivity contribution in [2.45, 2.75) is 353 Å². The molecule has 0 rings (SSSR count). The van der Waals surface area contributed by atoms with Gasteiger partial charge in [0.1, 0.15) is 0 Å². The van der Waals surface area contributed by atoms with Crippen LogP contribution in [-0.4, -0.2) is 46.1 Å². The largest absolute Gasteiger partial charge is 0.394 e. The smallest absolute Gasteiger partial charge is 0.222 e. The van der Waals surface area contributed by atoms with Crippen LogP contribution in [0.3, 0.4) is 0 Å². The Bertz CT molecular complexity index is 909. The average Bonchev–Trinajstić information content (AvgIpc) is 3.29. The molecule has 0 aliphatic heterocycles. The molecule has 4 N–H and O–H groups in total. The summed E-state index contributed by atoms with van der Waals surface area (Å²) < 4.78 is 0. The Kier molecular flexibility index (Phi) is 53.9. The van der Waals surface area contributed by atoms with E-state index in [0.717, 1.165) is 25.7 Å². The van der Waals surface area contributed by atoms with Gasteiger partial charge in [-0.25, -0.2) is 0 Å². The van der Waals surface area contributed by atoms with E-state index in [9.17, 15) is 20.1 Å². The van der Waals surface area contributed by atoms with Crippen LogP contribution >= 0.6 is 0 Å². The lowest BCUT2D eigenvalue weighted by Crippen LogP contribution is -2.45. The van der Waals surface area contributed by atoms with Crippen molar-refractivity contribution in [2.75, 3.05) is 6.61 Å². The Labute approximate surface area is 401 Å². The molecule has 64 heavy (non-hydrogen) atoms. The fourth-order valence-corrected chi connectivity index (χ4v) is 9.58. The molecule has 382 valence electrons. The molecule has 3 unspecified atom stereocenters. The second-order valence-electron chi connectivity index (χ2n) is 20.6. The maximum Gasteiger partial charge on any atom is 0.222 e. The molecular weight excluding hydrogens is 787 g/mol. The Morgan fingerprint density at radius 1 is 0.391 bits per heavy atom. The van der Waals surface area contributed by atoms with Crippen molar-refractivity contribution in [1.82, 2.24) is 5.32 Å². The van der Waals surface area contributed by atoms with Gasteiger partial charge in [0.2, 0.25) is 5.91 Å². The van der Waals surface area contributed by atoms with Gasteiger partial charge in [-0.1, -0.05) is 321 Å². The van der Waals surface area contributed by atoms with Crippen LogP contribution in [0.1, 0.15) is 335 Å². The van der Waals surface area contributed by atoms with Crippen molar-refractivity contribution >= 4 is 5.91 Å². The van der Waals surface area contributed by atoms with Gasteiger partial charge in [-0.15, -0.1) is 0 Å². The minimum Gasteiger partial charge on any atom is -0.394 e. The molecule has 0 bridgehead atoms. The van der Waals surface area contributed by atoms with Gasteiger partial charge in [0, 0.05) is 0 Å². The third kappa shape index (κ3) is 50.5. The third-order valence-corrected chi connectivity index (χ3v) is 14.1. The van der Waals surface area contributed by atoms with Crippen molar-refractivity contribution in [2.24, 2.45) is 0 Å². The van der Waals surface area contributed by atoms with E-state index < -0.39 is 18.2 Å². The summed E-state index contributed by atoms with van der Waals surface area (Å²) >= 11 is 0. The Morgan fingerprint density at radius 2 is 0.641 bits per heavy atom. The van der Waals surface area contributed by atoms with Crippen LogP contribution in [0.5, 0.6) is 0 Å². The van der Waals surface area contributed by atoms with Gasteiger partial charge < -0.3 is 20.6 Å². The summed E-state index contributed by atoms with van der Waals surface area (Å²) in [6.45, 7) is 4.26. The molecule has 0 radical (unpaired) electrons. The van der Waals surface area contributed by atoms with E-state index in [2.05, 4.69) is 19.2 Å². The first-order chi connectivity index (χ1) is 31.5. The second kappa shape index (κ2) is 54.7. The van der Waals surface area contributed by atoms with Gasteiger partial charge >= 0.3 is 0 Å². The summed E-state index contributed by atoms with van der Waals surface area (Å²) in [5.41, 5.74) is 0. The first kappa shape index (κ1) is 63.1. The molecule has 0 saturated heterocycles. The number of carbonyl (C=O) groups is 1. The van der Waals surface area contributed by atoms with Crippen LogP contribution in [0.2, 0.25) is 0 Å². The fraction of sp³-hybridized carbons (Fsp3) is 0.949. The molecule has 0 fully saturated rings. The summed E-state index contributed by atoms with van der Waals surface area (Å²) in [4.78, 5) is 12.5. The van der Waals surface area contributed by atoms with Gasteiger partial charge in [-0.3, -0.25) is 4.79 Å². The lowest BCUT2D eigenvalue weighted by atomic mass is 10.0. The topological polar surface area (TPSA) is 89.8 Å². The quantitative estimate of drug-likeness (QED) is 0.0362. The third-order valence-electron chi connectivity index (χ3n) is 14.1. The number of nitrogens with one attached hydrogen (secondary N) is 1. The van der Waals surface area contributed by atoms with Crippen molar-refractivity contribution < 1.29 is 20.1 Å². The Morgan fingerprint density at radius 3 is 0.906 bits per heavy atom. The van der Waals surface area contributed by atoms with Gasteiger partial charge in [-0.2, -0.15) is 0 Å². The lowest BCUT2D eigenvalue weighted by molar-refractivity contribution is -0.124. The van der Waals surface area contributed by atoms with E-state index in [4.69, 9.17) is 0 Å². The van der Waals surface area contributed by atoms with Crippen LogP contribution < -0.4 is 5.32 Å². The zero-order chi connectivity index (χ0) is 46.5. The number of unbranched alkanes of at least 4 members (excludes halogenated alkanes) is 46. The van der Waals surface area contributed by atoms with Gasteiger partial charge in [0.05, 0.1) is 31.3 Å². The first-order valence-corrected chi connectivity index (χ1v) is 29.5. The lowest BCUT2D eigenvalue weighted by Gasteiger charge is -2.21. The van der Waals surface area contributed by atoms with Crippen LogP contribution in [0, 0.1) is 0 Å². The number of allylic oxidation sites excluding steroid dienone is 1. The second-order valence-corrected chi connectivity index (χ2v) is 20.6. The van der Waals surface area contributed by atoms with Crippen LogP contribution in [0.15, 0.2) is 12.2 Å². The predicted octanol–water partition coefficient (Wildman–Crippen LogP) is 18.3. The zero-order valence-electron chi connectivity index (χ0n) is 43.7. The van der Waals surface area contributed by atoms with Crippen LogP contribution in [0.25, 0.3) is 0 Å². The number of hydrogen-bond acceptors (Lipinski definition) is 4. The van der Waals surface area contributed by atoms with Crippen LogP contribution in [-0.2, 0) is 4.79 Å². The number of amides is 1. The summed E-state index contributed by atoms with van der Waals surface area (Å²) in [5, 5.41) is 33.5. The van der Waals surface area contributed by atoms with E-state index in [1.807, 2.05) is 6.08 Å². The summed E-state index contributed by atoms with van der Waals surface area (Å²) in [6.07, 6.45) is 68.4. The van der Waals surface area contributed by atoms with Gasteiger partial charge in [-0.05, 0) is 19.3 Å². The van der Waals surface area contributed by atoms with Crippen molar-refractivity contribution in [3.63, 3.8) is 0 Å². The molecule has 0 spiro atoms. The minimum atomic E-state index is -0.926.